The van der Waals surface area contributed by atoms with Crippen molar-refractivity contribution >= 4 is 5.97 Å². The molecule has 222 valence electrons. The van der Waals surface area contributed by atoms with E-state index in [1.165, 1.54) is 36.9 Å². The number of aryl methyl sites for hydroxylation is 2. The van der Waals surface area contributed by atoms with Gasteiger partial charge >= 0.3 is 5.97 Å². The first-order valence-electron chi connectivity index (χ1n) is 15.4. The second kappa shape index (κ2) is 16.5. The summed E-state index contributed by atoms with van der Waals surface area (Å²) in [5.74, 6) is 1.24. The maximum absolute atomic E-state index is 12.6. The largest absolute Gasteiger partial charge is 0.494 e. The Labute approximate surface area is 251 Å². The summed E-state index contributed by atoms with van der Waals surface area (Å²) in [4.78, 5) is 12.6. The molecule has 5 nitrogen and oxygen atoms in total. The summed E-state index contributed by atoms with van der Waals surface area (Å²) in [5, 5.41) is 0. The molecule has 0 unspecified atom stereocenters. The first-order chi connectivity index (χ1) is 20.6. The minimum Gasteiger partial charge on any atom is -0.494 e. The summed E-state index contributed by atoms with van der Waals surface area (Å²) in [5.41, 5.74) is 5.80. The van der Waals surface area contributed by atoms with E-state index in [1.54, 1.807) is 0 Å². The summed E-state index contributed by atoms with van der Waals surface area (Å²) in [7, 11) is 0. The molecular formula is C37H45NO4. The Bertz CT molecular complexity index is 1340. The standard InChI is InChI=1S/C37H45NO4/c1-4-6-7-8-12-27-41-33-20-16-30(17-21-33)25-26-38-29(3)15-24-35(38)32-18-22-34(23-19-32)42-36(37(39)40-5-2)28-31-13-10-9-11-14-31/h9-11,13-24,36H,4-8,12,25-28H2,1-3H3/t36-/m1/s1. The molecule has 0 aliphatic heterocycles. The van der Waals surface area contributed by atoms with Crippen LogP contribution in [0.4, 0.5) is 0 Å². The highest BCUT2D eigenvalue weighted by molar-refractivity contribution is 5.75. The Morgan fingerprint density at radius 3 is 2.19 bits per heavy atom. The van der Waals surface area contributed by atoms with Crippen molar-refractivity contribution in [1.82, 2.24) is 4.57 Å². The van der Waals surface area contributed by atoms with Gasteiger partial charge in [0.2, 0.25) is 0 Å². The van der Waals surface area contributed by atoms with Gasteiger partial charge in [-0.3, -0.25) is 0 Å². The molecule has 3 aromatic carbocycles. The molecule has 0 saturated carbocycles. The van der Waals surface area contributed by atoms with Gasteiger partial charge in [-0.15, -0.1) is 0 Å². The maximum Gasteiger partial charge on any atom is 0.347 e. The van der Waals surface area contributed by atoms with Crippen molar-refractivity contribution in [2.45, 2.75) is 78.4 Å². The van der Waals surface area contributed by atoms with E-state index in [0.717, 1.165) is 48.6 Å². The van der Waals surface area contributed by atoms with Gasteiger partial charge in [0.25, 0.3) is 0 Å². The molecule has 0 aliphatic rings. The molecule has 4 rings (SSSR count). The number of rotatable bonds is 17. The van der Waals surface area contributed by atoms with E-state index in [2.05, 4.69) is 66.9 Å². The summed E-state index contributed by atoms with van der Waals surface area (Å²) >= 11 is 0. The van der Waals surface area contributed by atoms with Gasteiger partial charge in [-0.2, -0.15) is 0 Å². The summed E-state index contributed by atoms with van der Waals surface area (Å²) in [6, 6.07) is 30.7. The monoisotopic (exact) mass is 567 g/mol. The molecule has 0 radical (unpaired) electrons. The van der Waals surface area contributed by atoms with Crippen LogP contribution in [-0.4, -0.2) is 29.9 Å². The third kappa shape index (κ3) is 9.27. The zero-order valence-electron chi connectivity index (χ0n) is 25.4. The zero-order valence-corrected chi connectivity index (χ0v) is 25.4. The molecule has 1 aromatic heterocycles. The molecular weight excluding hydrogens is 522 g/mol. The number of nitrogens with zero attached hydrogens (tertiary/aromatic N) is 1. The first-order valence-corrected chi connectivity index (χ1v) is 15.4. The van der Waals surface area contributed by atoms with Crippen LogP contribution >= 0.6 is 0 Å². The van der Waals surface area contributed by atoms with Gasteiger partial charge in [-0.25, -0.2) is 4.79 Å². The van der Waals surface area contributed by atoms with Crippen LogP contribution in [0.15, 0.2) is 91.0 Å². The molecule has 42 heavy (non-hydrogen) atoms. The fraction of sp³-hybridized carbons (Fsp3) is 0.378. The summed E-state index contributed by atoms with van der Waals surface area (Å²) < 4.78 is 19.7. The molecule has 0 spiro atoms. The van der Waals surface area contributed by atoms with Crippen LogP contribution in [0.1, 0.15) is 62.8 Å². The fourth-order valence-electron chi connectivity index (χ4n) is 5.11. The van der Waals surface area contributed by atoms with E-state index in [4.69, 9.17) is 14.2 Å². The molecule has 0 N–H and O–H groups in total. The fourth-order valence-corrected chi connectivity index (χ4v) is 5.11. The van der Waals surface area contributed by atoms with Crippen molar-refractivity contribution in [2.75, 3.05) is 13.2 Å². The number of unbranched alkanes of at least 4 members (excludes halogenated alkanes) is 4. The van der Waals surface area contributed by atoms with Gasteiger partial charge in [-0.05, 0) is 91.9 Å². The van der Waals surface area contributed by atoms with Gasteiger partial charge < -0.3 is 18.8 Å². The van der Waals surface area contributed by atoms with Gasteiger partial charge in [0.05, 0.1) is 13.2 Å². The van der Waals surface area contributed by atoms with Crippen LogP contribution in [0.2, 0.25) is 0 Å². The molecule has 1 atom stereocenters. The van der Waals surface area contributed by atoms with Crippen molar-refractivity contribution in [2.24, 2.45) is 0 Å². The van der Waals surface area contributed by atoms with Crippen molar-refractivity contribution < 1.29 is 19.0 Å². The maximum atomic E-state index is 12.6. The normalized spacial score (nSPS) is 11.7. The highest BCUT2D eigenvalue weighted by Gasteiger charge is 2.22. The van der Waals surface area contributed by atoms with E-state index in [-0.39, 0.29) is 5.97 Å². The lowest BCUT2D eigenvalue weighted by Gasteiger charge is -2.18. The van der Waals surface area contributed by atoms with Gasteiger partial charge in [-0.1, -0.05) is 75.1 Å². The molecule has 0 aliphatic carbocycles. The molecule has 0 saturated heterocycles. The number of esters is 1. The van der Waals surface area contributed by atoms with Gasteiger partial charge in [0.15, 0.2) is 6.10 Å². The van der Waals surface area contributed by atoms with E-state index in [0.29, 0.717) is 18.8 Å². The van der Waals surface area contributed by atoms with E-state index in [1.807, 2.05) is 49.4 Å². The van der Waals surface area contributed by atoms with Crippen LogP contribution in [0.3, 0.4) is 0 Å². The van der Waals surface area contributed by atoms with E-state index < -0.39 is 6.10 Å². The van der Waals surface area contributed by atoms with Crippen LogP contribution < -0.4 is 9.47 Å². The number of carbonyl (C=O) groups excluding carboxylic acids is 1. The Morgan fingerprint density at radius 1 is 0.762 bits per heavy atom. The smallest absolute Gasteiger partial charge is 0.347 e. The second-order valence-electron chi connectivity index (χ2n) is 10.7. The number of carbonyl (C=O) groups is 1. The predicted molar refractivity (Wildman–Crippen MR) is 170 cm³/mol. The SMILES string of the molecule is CCCCCCCOc1ccc(CCn2c(C)ccc2-c2ccc(O[C@H](Cc3ccccc3)C(=O)OCC)cc2)cc1. The average Bonchev–Trinajstić information content (AvgIpc) is 3.39. The van der Waals surface area contributed by atoms with E-state index >= 15 is 0 Å². The van der Waals surface area contributed by atoms with E-state index in [9.17, 15) is 4.79 Å². The minimum atomic E-state index is -0.702. The minimum absolute atomic E-state index is 0.319. The first kappa shape index (κ1) is 31.0. The number of benzene rings is 3. The Balaban J connectivity index is 1.35. The van der Waals surface area contributed by atoms with Crippen LogP contribution in [0.5, 0.6) is 11.5 Å². The molecule has 0 bridgehead atoms. The molecule has 4 aromatic rings. The highest BCUT2D eigenvalue weighted by Crippen LogP contribution is 2.26. The Kier molecular flexibility index (Phi) is 12.1. The second-order valence-corrected chi connectivity index (χ2v) is 10.7. The lowest BCUT2D eigenvalue weighted by Crippen LogP contribution is -2.31. The molecule has 0 amide bonds. The van der Waals surface area contributed by atoms with Crippen molar-refractivity contribution in [1.29, 1.82) is 0 Å². The van der Waals surface area contributed by atoms with Gasteiger partial charge in [0.1, 0.15) is 11.5 Å². The molecule has 5 heteroatoms. The van der Waals surface area contributed by atoms with Gasteiger partial charge in [0, 0.05) is 24.4 Å². The number of aromatic nitrogens is 1. The van der Waals surface area contributed by atoms with Crippen molar-refractivity contribution in [3.8, 4) is 22.8 Å². The van der Waals surface area contributed by atoms with Crippen LogP contribution in [0, 0.1) is 6.92 Å². The molecule has 0 fully saturated rings. The predicted octanol–water partition coefficient (Wildman–Crippen LogP) is 8.61. The Morgan fingerprint density at radius 2 is 1.48 bits per heavy atom. The lowest BCUT2D eigenvalue weighted by atomic mass is 10.1. The quantitative estimate of drug-likeness (QED) is 0.0947. The van der Waals surface area contributed by atoms with Crippen molar-refractivity contribution in [3.63, 3.8) is 0 Å². The topological polar surface area (TPSA) is 49.7 Å². The average molecular weight is 568 g/mol. The zero-order chi connectivity index (χ0) is 29.6. The third-order valence-electron chi connectivity index (χ3n) is 7.50. The van der Waals surface area contributed by atoms with Crippen LogP contribution in [0.25, 0.3) is 11.3 Å². The summed E-state index contributed by atoms with van der Waals surface area (Å²) in [6.07, 6.45) is 6.91. The van der Waals surface area contributed by atoms with Crippen LogP contribution in [-0.2, 0) is 28.9 Å². The number of hydrogen-bond acceptors (Lipinski definition) is 4. The summed E-state index contributed by atoms with van der Waals surface area (Å²) in [6.45, 7) is 8.18. The number of hydrogen-bond donors (Lipinski definition) is 0. The molecule has 1 heterocycles. The lowest BCUT2D eigenvalue weighted by molar-refractivity contribution is -0.151. The number of ether oxygens (including phenoxy) is 3. The highest BCUT2D eigenvalue weighted by atomic mass is 16.6. The Hall–Kier alpha value is -3.99. The third-order valence-corrected chi connectivity index (χ3v) is 7.50. The van der Waals surface area contributed by atoms with Crippen molar-refractivity contribution in [3.05, 3.63) is 108 Å².